The summed E-state index contributed by atoms with van der Waals surface area (Å²) in [6, 6.07) is 26.3. The monoisotopic (exact) mass is 553 g/mol. The number of para-hydroxylation sites is 1. The van der Waals surface area contributed by atoms with Crippen molar-refractivity contribution in [2.24, 2.45) is 0 Å². The highest BCUT2D eigenvalue weighted by atomic mass is 35.5. The van der Waals surface area contributed by atoms with E-state index in [1.165, 1.54) is 12.0 Å². The predicted octanol–water partition coefficient (Wildman–Crippen LogP) is 7.17. The Bertz CT molecular complexity index is 1630. The molecular weight excluding hydrogens is 526 g/mol. The van der Waals surface area contributed by atoms with Crippen LogP contribution in [0, 0.1) is 13.8 Å². The Morgan fingerprint density at radius 3 is 2.30 bits per heavy atom. The van der Waals surface area contributed by atoms with E-state index in [2.05, 4.69) is 0 Å². The van der Waals surface area contributed by atoms with Crippen molar-refractivity contribution >= 4 is 34.7 Å². The number of amides is 1. The molecule has 4 aromatic rings. The topological polar surface area (TPSA) is 76.1 Å². The highest BCUT2D eigenvalue weighted by Crippen LogP contribution is 2.45. The Morgan fingerprint density at radius 1 is 0.875 bits per heavy atom. The number of hydrogen-bond acceptors (Lipinski definition) is 5. The molecule has 0 radical (unpaired) electrons. The molecule has 1 aliphatic rings. The third-order valence-corrected chi connectivity index (χ3v) is 7.40. The predicted molar refractivity (Wildman–Crippen MR) is 156 cm³/mol. The SMILES string of the molecule is COc1ccccc1C1/C(=C(\O)c2ccc(OCc3ccccc3)c(C)c2)C(=O)C(=O)N1c1ccc(C)c(Cl)c1. The van der Waals surface area contributed by atoms with Crippen molar-refractivity contribution in [3.05, 3.63) is 129 Å². The van der Waals surface area contributed by atoms with E-state index in [4.69, 9.17) is 21.1 Å². The molecule has 0 aliphatic carbocycles. The standard InChI is InChI=1S/C33H28ClNO5/c1-20-13-15-24(18-26(20)34)35-30(25-11-7-8-12-28(25)39-3)29(32(37)33(35)38)31(36)23-14-16-27(21(2)17-23)40-19-22-9-5-4-6-10-22/h4-18,30,36H,19H2,1-3H3/b31-29+. The van der Waals surface area contributed by atoms with Gasteiger partial charge in [-0.2, -0.15) is 0 Å². The Morgan fingerprint density at radius 2 is 1.60 bits per heavy atom. The van der Waals surface area contributed by atoms with Crippen molar-refractivity contribution in [3.63, 3.8) is 0 Å². The number of anilines is 1. The molecule has 1 unspecified atom stereocenters. The number of methoxy groups -OCH3 is 1. The van der Waals surface area contributed by atoms with Crippen LogP contribution < -0.4 is 14.4 Å². The summed E-state index contributed by atoms with van der Waals surface area (Å²) < 4.78 is 11.6. The van der Waals surface area contributed by atoms with Crippen molar-refractivity contribution in [1.82, 2.24) is 0 Å². The minimum absolute atomic E-state index is 0.0384. The second kappa shape index (κ2) is 11.3. The van der Waals surface area contributed by atoms with Crippen LogP contribution in [0.4, 0.5) is 5.69 Å². The van der Waals surface area contributed by atoms with Crippen LogP contribution in [-0.2, 0) is 16.2 Å². The lowest BCUT2D eigenvalue weighted by molar-refractivity contribution is -0.132. The maximum absolute atomic E-state index is 13.5. The molecule has 1 atom stereocenters. The molecule has 0 bridgehead atoms. The third-order valence-electron chi connectivity index (χ3n) is 7.00. The number of carbonyl (C=O) groups is 2. The quantitative estimate of drug-likeness (QED) is 0.149. The zero-order valence-electron chi connectivity index (χ0n) is 22.4. The molecule has 202 valence electrons. The zero-order valence-corrected chi connectivity index (χ0v) is 23.1. The Labute approximate surface area is 238 Å². The van der Waals surface area contributed by atoms with Crippen LogP contribution in [0.15, 0.2) is 96.6 Å². The number of ketones is 1. The highest BCUT2D eigenvalue weighted by molar-refractivity contribution is 6.52. The first-order valence-electron chi connectivity index (χ1n) is 12.8. The van der Waals surface area contributed by atoms with E-state index < -0.39 is 17.7 Å². The fraction of sp³-hybridized carbons (Fsp3) is 0.152. The number of aliphatic hydroxyl groups excluding tert-OH is 1. The zero-order chi connectivity index (χ0) is 28.4. The van der Waals surface area contributed by atoms with Crippen LogP contribution in [0.1, 0.15) is 33.9 Å². The number of ether oxygens (including phenoxy) is 2. The maximum atomic E-state index is 13.5. The molecule has 5 rings (SSSR count). The lowest BCUT2D eigenvalue weighted by atomic mass is 9.94. The number of Topliss-reactive ketones (excluding diaryl/α,β-unsaturated/α-hetero) is 1. The number of rotatable bonds is 7. The molecular formula is C33H28ClNO5. The van der Waals surface area contributed by atoms with Gasteiger partial charge in [-0.05, 0) is 66.9 Å². The first-order chi connectivity index (χ1) is 19.3. The van der Waals surface area contributed by atoms with Gasteiger partial charge in [0.25, 0.3) is 11.7 Å². The fourth-order valence-electron chi connectivity index (χ4n) is 4.87. The number of carbonyl (C=O) groups excluding carboxylic acids is 2. The first kappa shape index (κ1) is 27.0. The van der Waals surface area contributed by atoms with Gasteiger partial charge in [0.1, 0.15) is 23.9 Å². The van der Waals surface area contributed by atoms with E-state index in [1.54, 1.807) is 60.7 Å². The second-order valence-corrected chi connectivity index (χ2v) is 10.0. The lowest BCUT2D eigenvalue weighted by Gasteiger charge is -2.27. The van der Waals surface area contributed by atoms with Gasteiger partial charge in [0, 0.05) is 21.8 Å². The van der Waals surface area contributed by atoms with Crippen molar-refractivity contribution in [2.45, 2.75) is 26.5 Å². The number of aryl methyl sites for hydroxylation is 2. The number of aliphatic hydroxyl groups is 1. The first-order valence-corrected chi connectivity index (χ1v) is 13.2. The summed E-state index contributed by atoms with van der Waals surface area (Å²) in [4.78, 5) is 28.4. The van der Waals surface area contributed by atoms with Gasteiger partial charge in [-0.15, -0.1) is 0 Å². The molecule has 1 saturated heterocycles. The highest BCUT2D eigenvalue weighted by Gasteiger charge is 2.48. The van der Waals surface area contributed by atoms with Crippen LogP contribution >= 0.6 is 11.6 Å². The average molecular weight is 554 g/mol. The second-order valence-electron chi connectivity index (χ2n) is 9.60. The van der Waals surface area contributed by atoms with Crippen molar-refractivity contribution < 1.29 is 24.2 Å². The molecule has 4 aromatic carbocycles. The normalized spacial score (nSPS) is 16.3. The summed E-state index contributed by atoms with van der Waals surface area (Å²) in [5.41, 5.74) is 3.99. The smallest absolute Gasteiger partial charge is 0.300 e. The van der Waals surface area contributed by atoms with Crippen LogP contribution in [0.5, 0.6) is 11.5 Å². The molecule has 1 N–H and O–H groups in total. The van der Waals surface area contributed by atoms with Crippen LogP contribution in [0.3, 0.4) is 0 Å². The van der Waals surface area contributed by atoms with Gasteiger partial charge >= 0.3 is 0 Å². The number of nitrogens with zero attached hydrogens (tertiary/aromatic N) is 1. The fourth-order valence-corrected chi connectivity index (χ4v) is 5.04. The summed E-state index contributed by atoms with van der Waals surface area (Å²) in [5, 5.41) is 12.0. The molecule has 1 heterocycles. The van der Waals surface area contributed by atoms with Gasteiger partial charge in [0.05, 0.1) is 18.7 Å². The van der Waals surface area contributed by atoms with Crippen molar-refractivity contribution in [2.75, 3.05) is 12.0 Å². The van der Waals surface area contributed by atoms with E-state index in [0.29, 0.717) is 39.9 Å². The molecule has 7 heteroatoms. The third kappa shape index (κ3) is 5.06. The summed E-state index contributed by atoms with van der Waals surface area (Å²) in [6.07, 6.45) is 0. The van der Waals surface area contributed by atoms with Gasteiger partial charge in [-0.1, -0.05) is 66.2 Å². The molecule has 0 spiro atoms. The van der Waals surface area contributed by atoms with E-state index >= 15 is 0 Å². The minimum atomic E-state index is -0.941. The van der Waals surface area contributed by atoms with Crippen LogP contribution in [0.25, 0.3) is 5.76 Å². The molecule has 1 aliphatic heterocycles. The van der Waals surface area contributed by atoms with Crippen LogP contribution in [-0.4, -0.2) is 23.9 Å². The van der Waals surface area contributed by atoms with Crippen molar-refractivity contribution in [1.29, 1.82) is 0 Å². The maximum Gasteiger partial charge on any atom is 0.300 e. The molecule has 1 fully saturated rings. The summed E-state index contributed by atoms with van der Waals surface area (Å²) in [6.45, 7) is 4.11. The average Bonchev–Trinajstić information content (AvgIpc) is 3.23. The van der Waals surface area contributed by atoms with Gasteiger partial charge in [-0.25, -0.2) is 0 Å². The Balaban J connectivity index is 1.60. The van der Waals surface area contributed by atoms with Gasteiger partial charge in [0.2, 0.25) is 0 Å². The minimum Gasteiger partial charge on any atom is -0.507 e. The molecule has 6 nitrogen and oxygen atoms in total. The Hall–Kier alpha value is -4.55. The molecule has 1 amide bonds. The van der Waals surface area contributed by atoms with Gasteiger partial charge in [0.15, 0.2) is 0 Å². The van der Waals surface area contributed by atoms with Gasteiger partial charge < -0.3 is 14.6 Å². The number of benzene rings is 4. The van der Waals surface area contributed by atoms with Crippen LogP contribution in [0.2, 0.25) is 5.02 Å². The summed E-state index contributed by atoms with van der Waals surface area (Å²) >= 11 is 6.40. The summed E-state index contributed by atoms with van der Waals surface area (Å²) in [5.74, 6) is -0.725. The molecule has 0 aromatic heterocycles. The van der Waals surface area contributed by atoms with E-state index in [0.717, 1.165) is 16.7 Å². The van der Waals surface area contributed by atoms with E-state index in [1.807, 2.05) is 44.2 Å². The molecule has 0 saturated carbocycles. The Kier molecular flexibility index (Phi) is 7.63. The van der Waals surface area contributed by atoms with Gasteiger partial charge in [-0.3, -0.25) is 14.5 Å². The van der Waals surface area contributed by atoms with Crippen molar-refractivity contribution in [3.8, 4) is 11.5 Å². The largest absolute Gasteiger partial charge is 0.507 e. The van der Waals surface area contributed by atoms with E-state index in [-0.39, 0.29) is 11.3 Å². The number of halogens is 1. The van der Waals surface area contributed by atoms with E-state index in [9.17, 15) is 14.7 Å². The lowest BCUT2D eigenvalue weighted by Crippen LogP contribution is -2.29. The number of hydrogen-bond donors (Lipinski definition) is 1. The summed E-state index contributed by atoms with van der Waals surface area (Å²) in [7, 11) is 1.52. The molecule has 40 heavy (non-hydrogen) atoms.